The Morgan fingerprint density at radius 3 is 2.50 bits per heavy atom. The van der Waals surface area contributed by atoms with Gasteiger partial charge in [0.15, 0.2) is 15.7 Å². The largest absolute Gasteiger partial charge is 0.378 e. The van der Waals surface area contributed by atoms with E-state index in [-0.39, 0.29) is 20.4 Å². The zero-order valence-corrected chi connectivity index (χ0v) is 19.7. The van der Waals surface area contributed by atoms with Gasteiger partial charge >= 0.3 is 10.1 Å². The number of hydrogen-bond acceptors (Lipinski definition) is 6. The number of hydrogen-bond donors (Lipinski definition) is 1. The van der Waals surface area contributed by atoms with E-state index in [1.54, 1.807) is 18.2 Å². The van der Waals surface area contributed by atoms with Crippen LogP contribution in [0.5, 0.6) is 5.75 Å². The maximum absolute atomic E-state index is 13.9. The molecule has 1 atom stereocenters. The van der Waals surface area contributed by atoms with Crippen LogP contribution in [0.4, 0.5) is 4.39 Å². The van der Waals surface area contributed by atoms with Crippen LogP contribution in [0.1, 0.15) is 11.1 Å². The fraction of sp³-hybridized carbons (Fsp3) is 0.0952. The van der Waals surface area contributed by atoms with Gasteiger partial charge in [-0.2, -0.15) is 8.42 Å². The minimum atomic E-state index is -4.20. The number of carbonyl (C=O) groups is 1. The monoisotopic (exact) mass is 535 g/mol. The first kappa shape index (κ1) is 22.3. The van der Waals surface area contributed by atoms with E-state index in [1.807, 2.05) is 0 Å². The number of pyridine rings is 1. The smallest absolute Gasteiger partial charge is 0.356 e. The molecule has 1 N–H and O–H groups in total. The Hall–Kier alpha value is -2.89. The van der Waals surface area contributed by atoms with Crippen LogP contribution in [0, 0.1) is 5.82 Å². The average molecular weight is 536 g/mol. The van der Waals surface area contributed by atoms with Crippen molar-refractivity contribution >= 4 is 49.3 Å². The Labute approximate surface area is 197 Å². The van der Waals surface area contributed by atoms with Gasteiger partial charge in [-0.25, -0.2) is 9.37 Å². The third-order valence-electron chi connectivity index (χ3n) is 4.94. The van der Waals surface area contributed by atoms with Gasteiger partial charge in [-0.05, 0) is 75.7 Å². The highest BCUT2D eigenvalue weighted by atomic mass is 79.9. The molecule has 164 valence electrons. The standard InChI is InChI=1S/C21H15BrFN3O4S2/c1-26-19(27)21(25-20(26)31,14-8-9-17(23)16(22)12-14)13-5-4-6-15(11-13)30-32(28,29)18-7-2-3-10-24-18/h2-12H,1H3,(H,25,31). The lowest BCUT2D eigenvalue weighted by molar-refractivity contribution is -0.129. The molecule has 1 aliphatic heterocycles. The Morgan fingerprint density at radius 2 is 1.88 bits per heavy atom. The van der Waals surface area contributed by atoms with Crippen LogP contribution in [0.25, 0.3) is 0 Å². The summed E-state index contributed by atoms with van der Waals surface area (Å²) >= 11 is 8.43. The second kappa shape index (κ2) is 8.23. The molecular weight excluding hydrogens is 521 g/mol. The molecule has 2 heterocycles. The third-order valence-corrected chi connectivity index (χ3v) is 7.09. The van der Waals surface area contributed by atoms with Crippen molar-refractivity contribution in [2.45, 2.75) is 10.6 Å². The summed E-state index contributed by atoms with van der Waals surface area (Å²) in [6.07, 6.45) is 1.34. The minimum absolute atomic E-state index is 0.0243. The van der Waals surface area contributed by atoms with Crippen molar-refractivity contribution in [1.29, 1.82) is 0 Å². The molecule has 0 radical (unpaired) electrons. The van der Waals surface area contributed by atoms with Crippen LogP contribution in [-0.4, -0.2) is 36.4 Å². The number of halogens is 2. The first-order valence-corrected chi connectivity index (χ1v) is 11.8. The van der Waals surface area contributed by atoms with Gasteiger partial charge in [-0.3, -0.25) is 9.69 Å². The topological polar surface area (TPSA) is 88.6 Å². The van der Waals surface area contributed by atoms with E-state index in [0.717, 1.165) is 0 Å². The molecule has 4 rings (SSSR count). The number of nitrogens with one attached hydrogen (secondary N) is 1. The zero-order valence-electron chi connectivity index (χ0n) is 16.5. The van der Waals surface area contributed by atoms with E-state index < -0.39 is 27.4 Å². The molecular formula is C21H15BrFN3O4S2. The van der Waals surface area contributed by atoms with E-state index >= 15 is 0 Å². The van der Waals surface area contributed by atoms with E-state index in [1.165, 1.54) is 60.6 Å². The number of aromatic nitrogens is 1. The zero-order chi connectivity index (χ0) is 23.1. The van der Waals surface area contributed by atoms with Crippen molar-refractivity contribution in [3.8, 4) is 5.75 Å². The van der Waals surface area contributed by atoms with Gasteiger partial charge in [0, 0.05) is 13.2 Å². The van der Waals surface area contributed by atoms with Gasteiger partial charge in [-0.15, -0.1) is 0 Å². The molecule has 0 saturated carbocycles. The Kier molecular flexibility index (Phi) is 5.74. The summed E-state index contributed by atoms with van der Waals surface area (Å²) in [5, 5.41) is 2.93. The first-order chi connectivity index (χ1) is 15.1. The van der Waals surface area contributed by atoms with Gasteiger partial charge < -0.3 is 9.50 Å². The van der Waals surface area contributed by atoms with Crippen LogP contribution in [0.3, 0.4) is 0 Å². The maximum atomic E-state index is 13.9. The Morgan fingerprint density at radius 1 is 1.12 bits per heavy atom. The van der Waals surface area contributed by atoms with E-state index in [0.29, 0.717) is 11.1 Å². The molecule has 0 aliphatic carbocycles. The highest BCUT2D eigenvalue weighted by Crippen LogP contribution is 2.38. The number of rotatable bonds is 5. The van der Waals surface area contributed by atoms with Crippen molar-refractivity contribution in [1.82, 2.24) is 15.2 Å². The molecule has 32 heavy (non-hydrogen) atoms. The maximum Gasteiger partial charge on any atom is 0.356 e. The van der Waals surface area contributed by atoms with Crippen LogP contribution < -0.4 is 9.50 Å². The molecule has 0 bridgehead atoms. The van der Waals surface area contributed by atoms with Gasteiger partial charge in [0.05, 0.1) is 4.47 Å². The molecule has 1 unspecified atom stereocenters. The van der Waals surface area contributed by atoms with Crippen LogP contribution in [0.2, 0.25) is 0 Å². The average Bonchev–Trinajstić information content (AvgIpc) is 3.01. The van der Waals surface area contributed by atoms with Crippen LogP contribution in [-0.2, 0) is 20.5 Å². The second-order valence-corrected chi connectivity index (χ2v) is 9.64. The molecule has 11 heteroatoms. The summed E-state index contributed by atoms with van der Waals surface area (Å²) in [5.41, 5.74) is -0.732. The van der Waals surface area contributed by atoms with Crippen molar-refractivity contribution < 1.29 is 21.8 Å². The van der Waals surface area contributed by atoms with Crippen molar-refractivity contribution in [3.63, 3.8) is 0 Å². The van der Waals surface area contributed by atoms with Gasteiger partial charge in [-0.1, -0.05) is 24.3 Å². The van der Waals surface area contributed by atoms with Crippen LogP contribution in [0.15, 0.2) is 76.4 Å². The van der Waals surface area contributed by atoms with Crippen LogP contribution >= 0.6 is 28.1 Å². The predicted molar refractivity (Wildman–Crippen MR) is 122 cm³/mol. The molecule has 7 nitrogen and oxygen atoms in total. The second-order valence-electron chi connectivity index (χ2n) is 6.91. The lowest BCUT2D eigenvalue weighted by atomic mass is 9.82. The molecule has 1 aliphatic rings. The lowest BCUT2D eigenvalue weighted by Gasteiger charge is -2.28. The minimum Gasteiger partial charge on any atom is -0.378 e. The molecule has 1 saturated heterocycles. The van der Waals surface area contributed by atoms with Crippen molar-refractivity contribution in [3.05, 3.63) is 88.3 Å². The van der Waals surface area contributed by atoms with Crippen molar-refractivity contribution in [2.24, 2.45) is 0 Å². The third kappa shape index (κ3) is 3.76. The quantitative estimate of drug-likeness (QED) is 0.396. The van der Waals surface area contributed by atoms with Gasteiger partial charge in [0.25, 0.3) is 5.91 Å². The van der Waals surface area contributed by atoms with Gasteiger partial charge in [0.2, 0.25) is 0 Å². The Bertz CT molecular complexity index is 1340. The number of thiocarbonyl (C=S) groups is 1. The highest BCUT2D eigenvalue weighted by Gasteiger charge is 2.51. The molecule has 0 spiro atoms. The number of amides is 1. The predicted octanol–water partition coefficient (Wildman–Crippen LogP) is 3.34. The number of carbonyl (C=O) groups excluding carboxylic acids is 1. The summed E-state index contributed by atoms with van der Waals surface area (Å²) in [5.74, 6) is -0.932. The SMILES string of the molecule is CN1C(=O)C(c2cccc(OS(=O)(=O)c3ccccn3)c2)(c2ccc(F)c(Br)c2)NC1=S. The fourth-order valence-electron chi connectivity index (χ4n) is 3.37. The van der Waals surface area contributed by atoms with E-state index in [4.69, 9.17) is 16.4 Å². The molecule has 2 aromatic carbocycles. The molecule has 1 fully saturated rings. The summed E-state index contributed by atoms with van der Waals surface area (Å²) < 4.78 is 44.5. The summed E-state index contributed by atoms with van der Waals surface area (Å²) in [4.78, 5) is 18.4. The first-order valence-electron chi connectivity index (χ1n) is 9.17. The van der Waals surface area contributed by atoms with E-state index in [2.05, 4.69) is 26.2 Å². The number of likely N-dealkylation sites (N-methyl/N-ethyl adjacent to an activating group) is 1. The van der Waals surface area contributed by atoms with Crippen molar-refractivity contribution in [2.75, 3.05) is 7.05 Å². The summed E-state index contributed by atoms with van der Waals surface area (Å²) in [6.45, 7) is 0. The molecule has 3 aromatic rings. The Balaban J connectivity index is 1.83. The number of nitrogens with zero attached hydrogens (tertiary/aromatic N) is 2. The van der Waals surface area contributed by atoms with E-state index in [9.17, 15) is 17.6 Å². The highest BCUT2D eigenvalue weighted by molar-refractivity contribution is 9.10. The van der Waals surface area contributed by atoms with Gasteiger partial charge in [0.1, 0.15) is 11.6 Å². The fourth-order valence-corrected chi connectivity index (χ4v) is 4.87. The lowest BCUT2D eigenvalue weighted by Crippen LogP contribution is -2.45. The summed E-state index contributed by atoms with van der Waals surface area (Å²) in [7, 11) is -2.68. The molecule has 1 aromatic heterocycles. The normalized spacial score (nSPS) is 18.5. The number of benzene rings is 2. The summed E-state index contributed by atoms with van der Waals surface area (Å²) in [6, 6.07) is 14.6. The molecule has 1 amide bonds.